The first-order valence-corrected chi connectivity index (χ1v) is 11.2. The lowest BCUT2D eigenvalue weighted by Gasteiger charge is -2.42. The molecule has 6 heteroatoms. The van der Waals surface area contributed by atoms with Gasteiger partial charge < -0.3 is 15.7 Å². The number of nitrogens with zero attached hydrogens (tertiary/aromatic N) is 1. The number of carboxylic acids is 1. The van der Waals surface area contributed by atoms with Crippen molar-refractivity contribution in [2.24, 2.45) is 5.92 Å². The zero-order valence-electron chi connectivity index (χ0n) is 17.1. The minimum atomic E-state index is -0.763. The van der Waals surface area contributed by atoms with E-state index < -0.39 is 5.97 Å². The summed E-state index contributed by atoms with van der Waals surface area (Å²) >= 11 is 0. The molecule has 1 amide bonds. The van der Waals surface area contributed by atoms with Crippen molar-refractivity contribution in [3.8, 4) is 0 Å². The van der Waals surface area contributed by atoms with Crippen molar-refractivity contribution in [2.75, 3.05) is 18.4 Å². The molecule has 3 saturated carbocycles. The van der Waals surface area contributed by atoms with Crippen LogP contribution in [0.25, 0.3) is 0 Å². The Balaban J connectivity index is 1.30. The molecule has 1 aromatic rings. The zero-order chi connectivity index (χ0) is 20.2. The van der Waals surface area contributed by atoms with Crippen LogP contribution in [0.3, 0.4) is 0 Å². The summed E-state index contributed by atoms with van der Waals surface area (Å²) in [6.07, 6.45) is 10.3. The molecule has 0 aromatic heterocycles. The van der Waals surface area contributed by atoms with E-state index in [0.29, 0.717) is 17.5 Å². The summed E-state index contributed by atoms with van der Waals surface area (Å²) in [7, 11) is 0. The fourth-order valence-corrected chi connectivity index (χ4v) is 4.69. The van der Waals surface area contributed by atoms with Crippen LogP contribution in [0, 0.1) is 5.92 Å². The van der Waals surface area contributed by atoms with Crippen molar-refractivity contribution in [3.05, 3.63) is 29.8 Å². The minimum absolute atomic E-state index is 0.0284. The number of nitrogens with one attached hydrogen (secondary N) is 2. The van der Waals surface area contributed by atoms with E-state index in [1.54, 1.807) is 0 Å². The highest BCUT2D eigenvalue weighted by Crippen LogP contribution is 2.34. The maximum Gasteiger partial charge on any atom is 0.317 e. The standard InChI is InChI=1S/C23H33N3O3/c27-22(28)15-26(14-16-10-11-16)19-12-18(13-19)25-23(29)20-8-4-5-9-21(20)24-17-6-2-1-3-7-17/h4-5,8-9,16-19,24H,1-3,6-7,10-15H2,(H,25,29)(H,27,28). The molecule has 0 bridgehead atoms. The summed E-state index contributed by atoms with van der Waals surface area (Å²) < 4.78 is 0. The molecule has 3 aliphatic rings. The molecule has 0 unspecified atom stereocenters. The molecule has 0 aliphatic heterocycles. The SMILES string of the molecule is O=C(O)CN(CC1CC1)C1CC(NC(=O)c2ccccc2NC2CCCCC2)C1. The molecule has 0 radical (unpaired) electrons. The number of carbonyl (C=O) groups is 2. The fraction of sp³-hybridized carbons (Fsp3) is 0.652. The van der Waals surface area contributed by atoms with Crippen LogP contribution in [0.5, 0.6) is 0 Å². The monoisotopic (exact) mass is 399 g/mol. The number of rotatable bonds is 9. The number of para-hydroxylation sites is 1. The number of amides is 1. The highest BCUT2D eigenvalue weighted by molar-refractivity contribution is 5.99. The van der Waals surface area contributed by atoms with Gasteiger partial charge in [-0.25, -0.2) is 0 Å². The molecule has 6 nitrogen and oxygen atoms in total. The van der Waals surface area contributed by atoms with Crippen LogP contribution in [0.15, 0.2) is 24.3 Å². The second-order valence-electron chi connectivity index (χ2n) is 9.09. The molecule has 29 heavy (non-hydrogen) atoms. The van der Waals surface area contributed by atoms with Crippen LogP contribution in [-0.2, 0) is 4.79 Å². The Labute approximate surface area is 173 Å². The lowest BCUT2D eigenvalue weighted by atomic mass is 9.85. The fourth-order valence-electron chi connectivity index (χ4n) is 4.69. The van der Waals surface area contributed by atoms with Gasteiger partial charge in [0.1, 0.15) is 0 Å². The van der Waals surface area contributed by atoms with Gasteiger partial charge in [-0.2, -0.15) is 0 Å². The lowest BCUT2D eigenvalue weighted by molar-refractivity contribution is -0.139. The van der Waals surface area contributed by atoms with Gasteiger partial charge in [-0.3, -0.25) is 14.5 Å². The van der Waals surface area contributed by atoms with Crippen molar-refractivity contribution in [3.63, 3.8) is 0 Å². The highest BCUT2D eigenvalue weighted by atomic mass is 16.4. The lowest BCUT2D eigenvalue weighted by Crippen LogP contribution is -2.55. The molecule has 3 aliphatic carbocycles. The Hall–Kier alpha value is -2.08. The van der Waals surface area contributed by atoms with Crippen molar-refractivity contribution < 1.29 is 14.7 Å². The summed E-state index contributed by atoms with van der Waals surface area (Å²) in [5.41, 5.74) is 1.64. The topological polar surface area (TPSA) is 81.7 Å². The van der Waals surface area contributed by atoms with E-state index in [1.165, 1.54) is 44.9 Å². The average Bonchev–Trinajstić information content (AvgIpc) is 3.48. The Kier molecular flexibility index (Phi) is 6.38. The van der Waals surface area contributed by atoms with E-state index in [0.717, 1.165) is 25.1 Å². The highest BCUT2D eigenvalue weighted by Gasteiger charge is 2.38. The van der Waals surface area contributed by atoms with Gasteiger partial charge in [-0.05, 0) is 56.6 Å². The summed E-state index contributed by atoms with van der Waals surface area (Å²) in [5.74, 6) is -0.124. The van der Waals surface area contributed by atoms with Crippen molar-refractivity contribution in [1.82, 2.24) is 10.2 Å². The van der Waals surface area contributed by atoms with E-state index in [9.17, 15) is 14.7 Å². The molecule has 3 N–H and O–H groups in total. The van der Waals surface area contributed by atoms with E-state index in [4.69, 9.17) is 0 Å². The smallest absolute Gasteiger partial charge is 0.317 e. The second-order valence-corrected chi connectivity index (χ2v) is 9.09. The molecule has 158 valence electrons. The number of benzene rings is 1. The number of carboxylic acid groups (broad SMARTS) is 1. The van der Waals surface area contributed by atoms with Crippen molar-refractivity contribution in [2.45, 2.75) is 75.9 Å². The Bertz CT molecular complexity index is 722. The number of hydrogen-bond acceptors (Lipinski definition) is 4. The maximum absolute atomic E-state index is 12.9. The quantitative estimate of drug-likeness (QED) is 0.592. The molecule has 0 heterocycles. The second kappa shape index (κ2) is 9.16. The van der Waals surface area contributed by atoms with Crippen LogP contribution in [-0.4, -0.2) is 53.1 Å². The number of hydrogen-bond donors (Lipinski definition) is 3. The van der Waals surface area contributed by atoms with Gasteiger partial charge in [0.05, 0.1) is 12.1 Å². The third-order valence-electron chi connectivity index (χ3n) is 6.63. The van der Waals surface area contributed by atoms with Crippen LogP contribution in [0.1, 0.15) is 68.1 Å². The van der Waals surface area contributed by atoms with Crippen LogP contribution in [0.4, 0.5) is 5.69 Å². The summed E-state index contributed by atoms with van der Waals surface area (Å²) in [6.45, 7) is 0.988. The first kappa shape index (κ1) is 20.2. The predicted molar refractivity (Wildman–Crippen MR) is 113 cm³/mol. The first-order chi connectivity index (χ1) is 14.1. The van der Waals surface area contributed by atoms with Gasteiger partial charge in [0.15, 0.2) is 0 Å². The molecule has 0 spiro atoms. The van der Waals surface area contributed by atoms with Gasteiger partial charge >= 0.3 is 5.97 Å². The Morgan fingerprint density at radius 2 is 1.72 bits per heavy atom. The summed E-state index contributed by atoms with van der Waals surface area (Å²) in [4.78, 5) is 26.2. The van der Waals surface area contributed by atoms with Crippen LogP contribution in [0.2, 0.25) is 0 Å². The maximum atomic E-state index is 12.9. The van der Waals surface area contributed by atoms with Gasteiger partial charge in [-0.1, -0.05) is 31.4 Å². The third-order valence-corrected chi connectivity index (χ3v) is 6.63. The van der Waals surface area contributed by atoms with E-state index >= 15 is 0 Å². The van der Waals surface area contributed by atoms with E-state index in [2.05, 4.69) is 15.5 Å². The molecule has 0 saturated heterocycles. The largest absolute Gasteiger partial charge is 0.480 e. The Morgan fingerprint density at radius 1 is 1.00 bits per heavy atom. The number of carbonyl (C=O) groups excluding carboxylic acids is 1. The molecule has 3 fully saturated rings. The molecular weight excluding hydrogens is 366 g/mol. The van der Waals surface area contributed by atoms with Gasteiger partial charge in [0.2, 0.25) is 0 Å². The van der Waals surface area contributed by atoms with Crippen LogP contribution < -0.4 is 10.6 Å². The normalized spacial score (nSPS) is 24.7. The van der Waals surface area contributed by atoms with E-state index in [-0.39, 0.29) is 24.5 Å². The third kappa shape index (κ3) is 5.50. The predicted octanol–water partition coefficient (Wildman–Crippen LogP) is 3.49. The van der Waals surface area contributed by atoms with Gasteiger partial charge in [0.25, 0.3) is 5.91 Å². The van der Waals surface area contributed by atoms with Crippen LogP contribution >= 0.6 is 0 Å². The average molecular weight is 400 g/mol. The van der Waals surface area contributed by atoms with Gasteiger partial charge in [0, 0.05) is 30.4 Å². The number of anilines is 1. The van der Waals surface area contributed by atoms with Crippen molar-refractivity contribution >= 4 is 17.6 Å². The van der Waals surface area contributed by atoms with Crippen molar-refractivity contribution in [1.29, 1.82) is 0 Å². The molecule has 0 atom stereocenters. The molecule has 4 rings (SSSR count). The van der Waals surface area contributed by atoms with Gasteiger partial charge in [-0.15, -0.1) is 0 Å². The van der Waals surface area contributed by atoms with E-state index in [1.807, 2.05) is 24.3 Å². The summed E-state index contributed by atoms with van der Waals surface area (Å²) in [6, 6.07) is 8.63. The zero-order valence-corrected chi connectivity index (χ0v) is 17.1. The number of aliphatic carboxylic acids is 1. The summed E-state index contributed by atoms with van der Waals surface area (Å²) in [5, 5.41) is 15.9. The molecule has 1 aromatic carbocycles. The molecular formula is C23H33N3O3. The Morgan fingerprint density at radius 3 is 2.41 bits per heavy atom. The minimum Gasteiger partial charge on any atom is -0.480 e. The first-order valence-electron chi connectivity index (χ1n) is 11.2.